The summed E-state index contributed by atoms with van der Waals surface area (Å²) in [6, 6.07) is 13.7. The topological polar surface area (TPSA) is 113 Å². The van der Waals surface area contributed by atoms with Crippen LogP contribution in [-0.4, -0.2) is 34.7 Å². The smallest absolute Gasteiger partial charge is 0.493 e. The van der Waals surface area contributed by atoms with E-state index in [4.69, 9.17) is 42.7 Å². The van der Waals surface area contributed by atoms with Crippen molar-refractivity contribution in [3.63, 3.8) is 0 Å². The summed E-state index contributed by atoms with van der Waals surface area (Å²) in [4.78, 5) is 4.82. The fraction of sp³-hybridized carbons (Fsp3) is 0.154. The van der Waals surface area contributed by atoms with Gasteiger partial charge in [-0.1, -0.05) is 41.5 Å². The Morgan fingerprint density at radius 1 is 1.02 bits per heavy atom. The van der Waals surface area contributed by atoms with E-state index < -0.39 is 10.0 Å². The average molecular weight is 661 g/mol. The minimum Gasteiger partial charge on any atom is -0.493 e. The van der Waals surface area contributed by atoms with Crippen LogP contribution in [0, 0.1) is 11.5 Å². The molecule has 0 fully saturated rings. The minimum absolute atomic E-state index is 0. The molecule has 0 N–H and O–H groups in total. The van der Waals surface area contributed by atoms with E-state index in [1.54, 1.807) is 30.3 Å². The van der Waals surface area contributed by atoms with E-state index in [0.717, 1.165) is 11.1 Å². The third kappa shape index (κ3) is 7.46. The van der Waals surface area contributed by atoms with Gasteiger partial charge in [-0.05, 0) is 42.0 Å². The molecular formula is C26H20Cl2KN3O5S3. The molecule has 0 aliphatic carbocycles. The molecule has 3 aromatic carbocycles. The number of ether oxygens (including phenoxy) is 3. The Kier molecular flexibility index (Phi) is 12.0. The number of hydrogen-bond acceptors (Lipinski definition) is 9. The van der Waals surface area contributed by atoms with Gasteiger partial charge in [0.1, 0.15) is 5.01 Å². The van der Waals surface area contributed by atoms with E-state index in [2.05, 4.69) is 9.71 Å². The van der Waals surface area contributed by atoms with Crippen molar-refractivity contribution >= 4 is 56.3 Å². The van der Waals surface area contributed by atoms with Crippen molar-refractivity contribution in [2.24, 2.45) is 0 Å². The average Bonchev–Trinajstić information content (AvgIpc) is 3.41. The van der Waals surface area contributed by atoms with Crippen LogP contribution in [0.15, 0.2) is 63.7 Å². The fourth-order valence-electron chi connectivity index (χ4n) is 3.65. The van der Waals surface area contributed by atoms with Crippen LogP contribution < -0.4 is 65.6 Å². The maximum absolute atomic E-state index is 13.0. The molecule has 0 spiro atoms. The number of thioether (sulfide) groups is 1. The summed E-state index contributed by atoms with van der Waals surface area (Å²) >= 11 is 15.2. The molecule has 0 unspecified atom stereocenters. The second-order valence-electron chi connectivity index (χ2n) is 7.81. The number of halogens is 2. The molecule has 0 amide bonds. The zero-order chi connectivity index (χ0) is 28.2. The molecule has 0 aliphatic rings. The summed E-state index contributed by atoms with van der Waals surface area (Å²) in [5.41, 5.74) is 2.73. The van der Waals surface area contributed by atoms with Crippen molar-refractivity contribution < 1.29 is 74.0 Å². The number of aromatic nitrogens is 1. The Bertz CT molecular complexity index is 1630. The molecule has 4 rings (SSSR count). The summed E-state index contributed by atoms with van der Waals surface area (Å²) < 4.78 is 45.3. The van der Waals surface area contributed by atoms with Gasteiger partial charge < -0.3 is 24.2 Å². The second-order valence-corrected chi connectivity index (χ2v) is 12.1. The largest absolute Gasteiger partial charge is 1.00 e. The Balaban J connectivity index is 0.00000441. The Labute approximate surface area is 293 Å². The molecule has 0 saturated heterocycles. The second kappa shape index (κ2) is 14.6. The number of sulfonamides is 1. The minimum atomic E-state index is -4.30. The van der Waals surface area contributed by atoms with Crippen molar-refractivity contribution in [1.82, 2.24) is 4.98 Å². The molecule has 1 heterocycles. The normalized spacial score (nSPS) is 10.8. The van der Waals surface area contributed by atoms with Gasteiger partial charge in [-0.3, -0.25) is 0 Å². The van der Waals surface area contributed by atoms with Crippen molar-refractivity contribution in [2.45, 2.75) is 15.5 Å². The van der Waals surface area contributed by atoms with Gasteiger partial charge in [-0.15, -0.1) is 23.1 Å². The number of benzene rings is 3. The predicted octanol–water partition coefficient (Wildman–Crippen LogP) is 4.65. The summed E-state index contributed by atoms with van der Waals surface area (Å²) in [5, 5.41) is 12.3. The summed E-state index contributed by atoms with van der Waals surface area (Å²) in [6.07, 6.45) is 1.38. The molecule has 0 radical (unpaired) electrons. The molecule has 202 valence electrons. The van der Waals surface area contributed by atoms with Gasteiger partial charge >= 0.3 is 51.4 Å². The monoisotopic (exact) mass is 659 g/mol. The maximum atomic E-state index is 13.0. The van der Waals surface area contributed by atoms with Crippen molar-refractivity contribution in [3.05, 3.63) is 74.2 Å². The zero-order valence-corrected chi connectivity index (χ0v) is 28.9. The van der Waals surface area contributed by atoms with E-state index in [1.165, 1.54) is 56.7 Å². The van der Waals surface area contributed by atoms with Crippen LogP contribution in [-0.2, 0) is 15.8 Å². The maximum Gasteiger partial charge on any atom is 1.00 e. The van der Waals surface area contributed by atoms with E-state index in [1.807, 2.05) is 17.5 Å². The van der Waals surface area contributed by atoms with Crippen LogP contribution in [0.1, 0.15) is 5.56 Å². The summed E-state index contributed by atoms with van der Waals surface area (Å²) in [7, 11) is 0.230. The van der Waals surface area contributed by atoms with E-state index in [9.17, 15) is 8.42 Å². The molecule has 1 aromatic heterocycles. The quantitative estimate of drug-likeness (QED) is 0.137. The number of methoxy groups -OCH3 is 3. The summed E-state index contributed by atoms with van der Waals surface area (Å²) in [5.74, 6) is 1.71. The van der Waals surface area contributed by atoms with Crippen LogP contribution in [0.3, 0.4) is 0 Å². The van der Waals surface area contributed by atoms with Gasteiger partial charge in [-0.25, -0.2) is 13.4 Å². The van der Waals surface area contributed by atoms with Crippen LogP contribution in [0.4, 0.5) is 0 Å². The van der Waals surface area contributed by atoms with Crippen molar-refractivity contribution in [3.8, 4) is 45.3 Å². The van der Waals surface area contributed by atoms with E-state index >= 15 is 0 Å². The molecule has 4 aromatic rings. The van der Waals surface area contributed by atoms with Crippen LogP contribution in [0.5, 0.6) is 17.2 Å². The van der Waals surface area contributed by atoms with Gasteiger partial charge in [0.05, 0.1) is 36.9 Å². The fourth-order valence-corrected chi connectivity index (χ4v) is 7.18. The number of thiazole rings is 1. The van der Waals surface area contributed by atoms with Crippen LogP contribution >= 0.6 is 46.3 Å². The molecule has 40 heavy (non-hydrogen) atoms. The van der Waals surface area contributed by atoms with Crippen molar-refractivity contribution in [1.29, 1.82) is 5.26 Å². The predicted molar refractivity (Wildman–Crippen MR) is 155 cm³/mol. The van der Waals surface area contributed by atoms with Gasteiger partial charge in [0.2, 0.25) is 15.8 Å². The molecule has 0 aliphatic heterocycles. The molecule has 0 bridgehead atoms. The van der Waals surface area contributed by atoms with Gasteiger partial charge in [0, 0.05) is 32.2 Å². The molecule has 14 heteroatoms. The zero-order valence-electron chi connectivity index (χ0n) is 21.8. The van der Waals surface area contributed by atoms with Gasteiger partial charge in [0.15, 0.2) is 11.5 Å². The van der Waals surface area contributed by atoms with Crippen LogP contribution in [0.2, 0.25) is 10.0 Å². The first kappa shape index (κ1) is 33.0. The first-order chi connectivity index (χ1) is 18.7. The number of nitrogens with zero attached hydrogens (tertiary/aromatic N) is 3. The number of hydrogen-bond donors (Lipinski definition) is 0. The molecule has 8 nitrogen and oxygen atoms in total. The van der Waals surface area contributed by atoms with Crippen molar-refractivity contribution in [2.75, 3.05) is 21.3 Å². The summed E-state index contributed by atoms with van der Waals surface area (Å²) in [6.45, 7) is 0. The first-order valence-electron chi connectivity index (χ1n) is 11.0. The Morgan fingerprint density at radius 3 is 2.25 bits per heavy atom. The Hall–Kier alpha value is -1.50. The van der Waals surface area contributed by atoms with Gasteiger partial charge in [0.25, 0.3) is 0 Å². The first-order valence-corrected chi connectivity index (χ1v) is 15.1. The standard InChI is InChI=1S/C26H20Cl2N3O5S3.K/c1-34-21-8-15(9-22(35-2)25(21)36-3)12-37-23-11-19(28)18(10-24(23)39(32,33)30-14-29)26-31-20(13-38-26)16-4-6-17(27)7-5-16;/h4-11,13H,12H2,1-3H3;/q-1;+1. The van der Waals surface area contributed by atoms with Crippen LogP contribution in [0.25, 0.3) is 26.6 Å². The third-order valence-electron chi connectivity index (χ3n) is 5.47. The van der Waals surface area contributed by atoms with E-state index in [0.29, 0.717) is 54.2 Å². The Morgan fingerprint density at radius 2 is 1.68 bits per heavy atom. The number of rotatable bonds is 10. The molecule has 0 saturated carbocycles. The molecule has 0 atom stereocenters. The van der Waals surface area contributed by atoms with Gasteiger partial charge in [-0.2, -0.15) is 0 Å². The van der Waals surface area contributed by atoms with E-state index in [-0.39, 0.29) is 56.3 Å². The SMILES string of the molecule is COc1cc(CSc2cc(Cl)c(-c3nc(-c4ccc(Cl)cc4)cs3)cc2S(=O)(=O)[N-]C#N)cc(OC)c1OC.[K+]. The third-order valence-corrected chi connectivity index (χ3v) is 9.38. The molecular weight excluding hydrogens is 641 g/mol. The number of nitriles is 1.